The summed E-state index contributed by atoms with van der Waals surface area (Å²) in [5.41, 5.74) is 1.78. The number of rotatable bonds is 6. The topological polar surface area (TPSA) is 70.3 Å². The number of hydrogen-bond donors (Lipinski definition) is 1. The highest BCUT2D eigenvalue weighted by Gasteiger charge is 2.16. The van der Waals surface area contributed by atoms with Crippen molar-refractivity contribution in [3.8, 4) is 11.8 Å². The number of carboxylic acids is 1. The summed E-state index contributed by atoms with van der Waals surface area (Å²) in [6, 6.07) is 6.95. The second-order valence-electron chi connectivity index (χ2n) is 4.78. The van der Waals surface area contributed by atoms with E-state index in [9.17, 15) is 9.90 Å². The Labute approximate surface area is 152 Å². The Morgan fingerprint density at radius 2 is 1.84 bits per heavy atom. The maximum Gasteiger partial charge on any atom is 0.335 e. The summed E-state index contributed by atoms with van der Waals surface area (Å²) < 4.78 is 5.23. The van der Waals surface area contributed by atoms with Crippen molar-refractivity contribution < 1.29 is 14.6 Å². The molecule has 1 N–H and O–H groups in total. The number of aliphatic carboxylic acids is 1. The van der Waals surface area contributed by atoms with Gasteiger partial charge in [0.2, 0.25) is 0 Å². The van der Waals surface area contributed by atoms with Crippen molar-refractivity contribution in [3.63, 3.8) is 0 Å². The molecule has 0 unspecified atom stereocenters. The van der Waals surface area contributed by atoms with Crippen LogP contribution in [0.4, 0.5) is 0 Å². The lowest BCUT2D eigenvalue weighted by Crippen LogP contribution is -2.03. The van der Waals surface area contributed by atoms with E-state index in [-0.39, 0.29) is 5.57 Å². The first-order valence-electron chi connectivity index (χ1n) is 8.67. The number of nitrogens with zero attached hydrogens (tertiary/aromatic N) is 1. The summed E-state index contributed by atoms with van der Waals surface area (Å²) >= 11 is 0. The van der Waals surface area contributed by atoms with E-state index in [4.69, 9.17) is 10.00 Å². The number of benzene rings is 1. The number of hydrogen-bond acceptors (Lipinski definition) is 3. The zero-order chi connectivity index (χ0) is 19.8. The van der Waals surface area contributed by atoms with Crippen LogP contribution in [-0.2, 0) is 4.79 Å². The maximum atomic E-state index is 11.2. The average Bonchev–Trinajstić information content (AvgIpc) is 2.66. The van der Waals surface area contributed by atoms with Gasteiger partial charge in [-0.15, -0.1) is 0 Å². The van der Waals surface area contributed by atoms with Gasteiger partial charge < -0.3 is 9.84 Å². The van der Waals surface area contributed by atoms with Crippen molar-refractivity contribution in [2.45, 2.75) is 53.9 Å². The molecule has 0 aromatic heterocycles. The third kappa shape index (κ3) is 8.21. The predicted octanol–water partition coefficient (Wildman–Crippen LogP) is 5.83. The van der Waals surface area contributed by atoms with Crippen molar-refractivity contribution in [2.75, 3.05) is 7.11 Å². The van der Waals surface area contributed by atoms with Gasteiger partial charge >= 0.3 is 5.97 Å². The van der Waals surface area contributed by atoms with Gasteiger partial charge in [-0.25, -0.2) is 4.79 Å². The molecule has 0 saturated carbocycles. The number of unbranched alkanes of at least 4 members (excludes halogenated alkanes) is 1. The highest BCUT2D eigenvalue weighted by atomic mass is 16.5. The summed E-state index contributed by atoms with van der Waals surface area (Å²) in [5, 5.41) is 18.1. The van der Waals surface area contributed by atoms with Crippen LogP contribution in [0.15, 0.2) is 36.4 Å². The van der Waals surface area contributed by atoms with Crippen LogP contribution in [0.1, 0.15) is 65.0 Å². The lowest BCUT2D eigenvalue weighted by Gasteiger charge is -2.13. The van der Waals surface area contributed by atoms with Crippen LogP contribution >= 0.6 is 0 Å². The van der Waals surface area contributed by atoms with Crippen LogP contribution in [0.3, 0.4) is 0 Å². The molecule has 0 aliphatic heterocycles. The molecule has 0 fully saturated rings. The Hall–Kier alpha value is -2.54. The molecule has 0 aliphatic rings. The largest absolute Gasteiger partial charge is 0.496 e. The number of ether oxygens (including phenoxy) is 1. The van der Waals surface area contributed by atoms with Crippen molar-refractivity contribution in [1.82, 2.24) is 0 Å². The molecule has 0 amide bonds. The molecule has 0 bridgehead atoms. The smallest absolute Gasteiger partial charge is 0.335 e. The third-order valence-electron chi connectivity index (χ3n) is 3.27. The van der Waals surface area contributed by atoms with Crippen LogP contribution in [-0.4, -0.2) is 18.2 Å². The minimum absolute atomic E-state index is 0.121. The highest BCUT2D eigenvalue weighted by molar-refractivity contribution is 6.00. The molecule has 0 aliphatic carbocycles. The van der Waals surface area contributed by atoms with Crippen LogP contribution in [0, 0.1) is 11.3 Å². The van der Waals surface area contributed by atoms with Crippen molar-refractivity contribution in [3.05, 3.63) is 47.6 Å². The Morgan fingerprint density at radius 3 is 2.16 bits per heavy atom. The average molecular weight is 345 g/mol. The van der Waals surface area contributed by atoms with Crippen molar-refractivity contribution in [1.29, 1.82) is 5.26 Å². The van der Waals surface area contributed by atoms with Crippen LogP contribution in [0.2, 0.25) is 0 Å². The summed E-state index contributed by atoms with van der Waals surface area (Å²) in [5.74, 6) is -0.507. The van der Waals surface area contributed by atoms with Crippen LogP contribution < -0.4 is 4.74 Å². The first-order chi connectivity index (χ1) is 12.0. The van der Waals surface area contributed by atoms with E-state index >= 15 is 0 Å². The molecule has 0 radical (unpaired) electrons. The standard InChI is InChI=1S/C15H15NO3.C4H10.C2H6/c1-4-11(12(5-2)15(17)18)13-8-10(9-16)6-7-14(13)19-3;1-3-4-2;1-2/h5-8H,2,4H2,1,3H3,(H,17,18);3-4H2,1-2H3;1-2H3/b12-11-;;. The van der Waals surface area contributed by atoms with Crippen molar-refractivity contribution >= 4 is 11.5 Å². The Kier molecular flexibility index (Phi) is 14.8. The maximum absolute atomic E-state index is 11.2. The molecule has 1 aromatic carbocycles. The minimum Gasteiger partial charge on any atom is -0.496 e. The molecular formula is C21H31NO3. The number of allylic oxidation sites excluding steroid dienone is 1. The Morgan fingerprint density at radius 1 is 1.28 bits per heavy atom. The van der Waals surface area contributed by atoms with E-state index in [1.165, 1.54) is 26.0 Å². The molecule has 1 rings (SSSR count). The molecule has 138 valence electrons. The zero-order valence-electron chi connectivity index (χ0n) is 16.3. The van der Waals surface area contributed by atoms with Gasteiger partial charge in [-0.2, -0.15) is 5.26 Å². The SMILES string of the molecule is C=C/C(C(=O)O)=C(\CC)c1cc(C#N)ccc1OC.CC.CCCC. The van der Waals surface area contributed by atoms with Crippen LogP contribution in [0.5, 0.6) is 5.75 Å². The second-order valence-corrected chi connectivity index (χ2v) is 4.78. The molecular weight excluding hydrogens is 314 g/mol. The molecule has 4 nitrogen and oxygen atoms in total. The molecule has 0 spiro atoms. The number of carbonyl (C=O) groups is 1. The van der Waals surface area contributed by atoms with Gasteiger partial charge in [0.1, 0.15) is 5.75 Å². The molecule has 0 atom stereocenters. The highest BCUT2D eigenvalue weighted by Crippen LogP contribution is 2.31. The van der Waals surface area contributed by atoms with Gasteiger partial charge in [-0.3, -0.25) is 0 Å². The van der Waals surface area contributed by atoms with Gasteiger partial charge in [0.25, 0.3) is 0 Å². The van der Waals surface area contributed by atoms with E-state index in [2.05, 4.69) is 20.4 Å². The van der Waals surface area contributed by atoms with E-state index < -0.39 is 5.97 Å². The summed E-state index contributed by atoms with van der Waals surface area (Å²) in [6.45, 7) is 13.7. The molecule has 1 aromatic rings. The van der Waals surface area contributed by atoms with Gasteiger partial charge in [0.05, 0.1) is 24.3 Å². The number of nitriles is 1. The van der Waals surface area contributed by atoms with Gasteiger partial charge in [0.15, 0.2) is 0 Å². The molecule has 0 saturated heterocycles. The predicted molar refractivity (Wildman–Crippen MR) is 105 cm³/mol. The van der Waals surface area contributed by atoms with Gasteiger partial charge in [-0.05, 0) is 30.2 Å². The van der Waals surface area contributed by atoms with E-state index in [1.54, 1.807) is 18.2 Å². The lowest BCUT2D eigenvalue weighted by atomic mass is 9.95. The fourth-order valence-electron chi connectivity index (χ4n) is 1.88. The van der Waals surface area contributed by atoms with E-state index in [0.29, 0.717) is 28.9 Å². The van der Waals surface area contributed by atoms with E-state index in [0.717, 1.165) is 0 Å². The Bertz CT molecular complexity index is 608. The normalized spacial score (nSPS) is 9.96. The third-order valence-corrected chi connectivity index (χ3v) is 3.27. The zero-order valence-corrected chi connectivity index (χ0v) is 16.3. The minimum atomic E-state index is -1.05. The number of carboxylic acid groups (broad SMARTS) is 1. The summed E-state index contributed by atoms with van der Waals surface area (Å²) in [7, 11) is 1.51. The first-order valence-corrected chi connectivity index (χ1v) is 8.67. The quantitative estimate of drug-likeness (QED) is 0.520. The van der Waals surface area contributed by atoms with Gasteiger partial charge in [0, 0.05) is 5.56 Å². The molecule has 0 heterocycles. The lowest BCUT2D eigenvalue weighted by molar-refractivity contribution is -0.132. The summed E-state index contributed by atoms with van der Waals surface area (Å²) in [4.78, 5) is 11.2. The van der Waals surface area contributed by atoms with Crippen molar-refractivity contribution in [2.24, 2.45) is 0 Å². The Balaban J connectivity index is 0. The molecule has 4 heteroatoms. The van der Waals surface area contributed by atoms with Crippen LogP contribution in [0.25, 0.3) is 5.57 Å². The molecule has 25 heavy (non-hydrogen) atoms. The fourth-order valence-corrected chi connectivity index (χ4v) is 1.88. The number of methoxy groups -OCH3 is 1. The van der Waals surface area contributed by atoms with E-state index in [1.807, 2.05) is 26.8 Å². The first kappa shape index (κ1) is 24.7. The van der Waals surface area contributed by atoms with Gasteiger partial charge in [-0.1, -0.05) is 60.1 Å². The monoisotopic (exact) mass is 345 g/mol. The fraction of sp³-hybridized carbons (Fsp3) is 0.429. The summed E-state index contributed by atoms with van der Waals surface area (Å²) in [6.07, 6.45) is 4.44. The second kappa shape index (κ2) is 15.0.